The van der Waals surface area contributed by atoms with Gasteiger partial charge in [-0.1, -0.05) is 17.3 Å². The van der Waals surface area contributed by atoms with Gasteiger partial charge in [0.2, 0.25) is 17.7 Å². The first-order valence-electron chi connectivity index (χ1n) is 9.62. The molecule has 3 heterocycles. The van der Waals surface area contributed by atoms with Gasteiger partial charge in [0.25, 0.3) is 5.89 Å². The zero-order valence-corrected chi connectivity index (χ0v) is 16.3. The molecule has 1 aliphatic heterocycles. The highest BCUT2D eigenvalue weighted by molar-refractivity contribution is 5.55. The summed E-state index contributed by atoms with van der Waals surface area (Å²) < 4.78 is 49.5. The van der Waals surface area contributed by atoms with E-state index in [1.165, 1.54) is 18.6 Å². The Hall–Kier alpha value is -3.17. The van der Waals surface area contributed by atoms with Crippen LogP contribution in [0.2, 0.25) is 0 Å². The summed E-state index contributed by atoms with van der Waals surface area (Å²) in [7, 11) is 0. The molecule has 2 aromatic heterocycles. The van der Waals surface area contributed by atoms with Crippen LogP contribution in [0.4, 0.5) is 19.1 Å². The summed E-state index contributed by atoms with van der Waals surface area (Å²) in [5.74, 6) is 1.20. The van der Waals surface area contributed by atoms with Gasteiger partial charge in [0.15, 0.2) is 6.61 Å². The molecule has 7 nitrogen and oxygen atoms in total. The topological polar surface area (TPSA) is 77.2 Å². The number of hydrogen-bond donors (Lipinski definition) is 0. The molecule has 158 valence electrons. The largest absolute Gasteiger partial charge is 0.467 e. The van der Waals surface area contributed by atoms with E-state index in [9.17, 15) is 13.2 Å². The van der Waals surface area contributed by atoms with Crippen LogP contribution in [0.5, 0.6) is 5.88 Å². The van der Waals surface area contributed by atoms with Gasteiger partial charge in [0.05, 0.1) is 5.56 Å². The lowest BCUT2D eigenvalue weighted by molar-refractivity contribution is -0.137. The summed E-state index contributed by atoms with van der Waals surface area (Å²) >= 11 is 0. The summed E-state index contributed by atoms with van der Waals surface area (Å²) in [6.07, 6.45) is -1.03. The Kier molecular flexibility index (Phi) is 5.56. The van der Waals surface area contributed by atoms with Crippen LogP contribution in [0.25, 0.3) is 11.4 Å². The zero-order chi connectivity index (χ0) is 21.1. The molecule has 1 aromatic carbocycles. The highest BCUT2D eigenvalue weighted by Gasteiger charge is 2.30. The van der Waals surface area contributed by atoms with E-state index < -0.39 is 11.7 Å². The summed E-state index contributed by atoms with van der Waals surface area (Å²) in [4.78, 5) is 15.2. The number of rotatable bonds is 5. The Bertz CT molecular complexity index is 1020. The van der Waals surface area contributed by atoms with E-state index in [-0.39, 0.29) is 23.9 Å². The molecule has 0 spiro atoms. The minimum Gasteiger partial charge on any atom is -0.467 e. The normalized spacial score (nSPS) is 14.7. The first kappa shape index (κ1) is 20.1. The lowest BCUT2D eigenvalue weighted by Gasteiger charge is -2.26. The first-order valence-corrected chi connectivity index (χ1v) is 9.62. The van der Waals surface area contributed by atoms with Crippen molar-refractivity contribution in [3.05, 3.63) is 47.5 Å². The van der Waals surface area contributed by atoms with Crippen molar-refractivity contribution < 1.29 is 22.4 Å². The lowest BCUT2D eigenvalue weighted by atomic mass is 10.1. The number of piperidine rings is 1. The molecule has 3 aromatic rings. The molecule has 0 aliphatic carbocycles. The van der Waals surface area contributed by atoms with E-state index in [2.05, 4.69) is 25.0 Å². The number of alkyl halides is 3. The van der Waals surface area contributed by atoms with Gasteiger partial charge in [-0.3, -0.25) is 0 Å². The van der Waals surface area contributed by atoms with Crippen LogP contribution < -0.4 is 9.64 Å². The fourth-order valence-corrected chi connectivity index (χ4v) is 3.23. The Morgan fingerprint density at radius 1 is 1.07 bits per heavy atom. The van der Waals surface area contributed by atoms with Gasteiger partial charge in [0.1, 0.15) is 0 Å². The van der Waals surface area contributed by atoms with Crippen LogP contribution in [-0.2, 0) is 12.8 Å². The van der Waals surface area contributed by atoms with Crippen LogP contribution in [0, 0.1) is 6.92 Å². The minimum atomic E-state index is -4.44. The molecule has 30 heavy (non-hydrogen) atoms. The molecule has 0 atom stereocenters. The van der Waals surface area contributed by atoms with Crippen LogP contribution in [-0.4, -0.2) is 33.2 Å². The number of anilines is 1. The molecular weight excluding hydrogens is 399 g/mol. The molecule has 4 rings (SSSR count). The van der Waals surface area contributed by atoms with E-state index in [1.54, 1.807) is 6.07 Å². The third kappa shape index (κ3) is 4.69. The molecule has 0 unspecified atom stereocenters. The Morgan fingerprint density at radius 2 is 1.87 bits per heavy atom. The second kappa shape index (κ2) is 8.29. The molecule has 1 fully saturated rings. The number of halogens is 3. The molecular formula is C20H20F3N5O2. The fraction of sp³-hybridized carbons (Fsp3) is 0.400. The molecule has 0 N–H and O–H groups in total. The van der Waals surface area contributed by atoms with Crippen LogP contribution in [0.15, 0.2) is 34.9 Å². The van der Waals surface area contributed by atoms with Gasteiger partial charge in [-0.05, 0) is 38.3 Å². The molecule has 0 amide bonds. The molecule has 1 aliphatic rings. The minimum absolute atomic E-state index is 0.0537. The van der Waals surface area contributed by atoms with E-state index >= 15 is 0 Å². The highest BCUT2D eigenvalue weighted by Crippen LogP contribution is 2.31. The second-order valence-electron chi connectivity index (χ2n) is 7.07. The predicted molar refractivity (Wildman–Crippen MR) is 102 cm³/mol. The van der Waals surface area contributed by atoms with Gasteiger partial charge in [-0.2, -0.15) is 23.1 Å². The smallest absolute Gasteiger partial charge is 0.416 e. The third-order valence-corrected chi connectivity index (χ3v) is 4.72. The number of aryl methyl sites for hydroxylation is 1. The molecule has 1 saturated heterocycles. The molecule has 0 radical (unpaired) electrons. The summed E-state index contributed by atoms with van der Waals surface area (Å²) in [6.45, 7) is 3.63. The Labute approximate surface area is 170 Å². The number of aromatic nitrogens is 4. The number of benzene rings is 1. The second-order valence-corrected chi connectivity index (χ2v) is 7.07. The van der Waals surface area contributed by atoms with Crippen molar-refractivity contribution >= 4 is 5.95 Å². The van der Waals surface area contributed by atoms with E-state index in [4.69, 9.17) is 9.26 Å². The quantitative estimate of drug-likeness (QED) is 0.606. The van der Waals surface area contributed by atoms with Crippen molar-refractivity contribution in [3.63, 3.8) is 0 Å². The monoisotopic (exact) mass is 419 g/mol. The Morgan fingerprint density at radius 3 is 2.63 bits per heavy atom. The maximum absolute atomic E-state index is 12.9. The van der Waals surface area contributed by atoms with Crippen LogP contribution in [0.1, 0.15) is 36.4 Å². The van der Waals surface area contributed by atoms with Gasteiger partial charge >= 0.3 is 6.18 Å². The average Bonchev–Trinajstić information content (AvgIpc) is 3.21. The first-order chi connectivity index (χ1) is 14.4. The van der Waals surface area contributed by atoms with Gasteiger partial charge < -0.3 is 14.2 Å². The fourth-order valence-electron chi connectivity index (χ4n) is 3.23. The van der Waals surface area contributed by atoms with Crippen LogP contribution >= 0.6 is 0 Å². The van der Waals surface area contributed by atoms with Crippen molar-refractivity contribution in [2.24, 2.45) is 0 Å². The van der Waals surface area contributed by atoms with Crippen molar-refractivity contribution in [2.75, 3.05) is 18.0 Å². The number of hydrogen-bond acceptors (Lipinski definition) is 7. The third-order valence-electron chi connectivity index (χ3n) is 4.72. The lowest BCUT2D eigenvalue weighted by Crippen LogP contribution is -2.31. The van der Waals surface area contributed by atoms with Gasteiger partial charge in [-0.15, -0.1) is 0 Å². The molecule has 0 saturated carbocycles. The SMILES string of the molecule is Cc1cc(OCc2nc(-c3cccc(C(F)(F)F)c3)no2)nc(N2CCCCC2)n1. The van der Waals surface area contributed by atoms with Crippen LogP contribution in [0.3, 0.4) is 0 Å². The molecule has 0 bridgehead atoms. The summed E-state index contributed by atoms with van der Waals surface area (Å²) in [6, 6.07) is 6.47. The summed E-state index contributed by atoms with van der Waals surface area (Å²) in [5, 5.41) is 3.76. The van der Waals surface area contributed by atoms with E-state index in [0.29, 0.717) is 11.8 Å². The highest BCUT2D eigenvalue weighted by atomic mass is 19.4. The van der Waals surface area contributed by atoms with Crippen molar-refractivity contribution in [2.45, 2.75) is 39.0 Å². The number of ether oxygens (including phenoxy) is 1. The van der Waals surface area contributed by atoms with E-state index in [1.807, 2.05) is 6.92 Å². The van der Waals surface area contributed by atoms with Gasteiger partial charge in [0, 0.05) is 30.4 Å². The maximum atomic E-state index is 12.9. The predicted octanol–water partition coefficient (Wildman–Crippen LogP) is 4.42. The zero-order valence-electron chi connectivity index (χ0n) is 16.3. The average molecular weight is 419 g/mol. The summed E-state index contributed by atoms with van der Waals surface area (Å²) in [5.41, 5.74) is 0.213. The molecule has 10 heteroatoms. The maximum Gasteiger partial charge on any atom is 0.416 e. The van der Waals surface area contributed by atoms with Crippen molar-refractivity contribution in [1.29, 1.82) is 0 Å². The van der Waals surface area contributed by atoms with E-state index in [0.717, 1.165) is 43.8 Å². The van der Waals surface area contributed by atoms with Crippen molar-refractivity contribution in [1.82, 2.24) is 20.1 Å². The Balaban J connectivity index is 1.46. The van der Waals surface area contributed by atoms with Crippen molar-refractivity contribution in [3.8, 4) is 17.3 Å². The van der Waals surface area contributed by atoms with Gasteiger partial charge in [-0.25, -0.2) is 4.98 Å². The standard InChI is InChI=1S/C20H20F3N5O2/c1-13-10-16(26-19(24-13)28-8-3-2-4-9-28)29-12-17-25-18(27-30-17)14-6-5-7-15(11-14)20(21,22)23/h5-7,10-11H,2-4,8-9,12H2,1H3. The number of nitrogens with zero attached hydrogens (tertiary/aromatic N) is 5.